The standard InChI is InChI=1S/C19H25N7O/c1-23-8-9-25(19(23)27)15-10-22-26(12-15)14-6-7-24(11-14)18-16-4-2-3-5-17(16)20-13-21-18/h10,12-14H,2-9,11H2,1H3. The van der Waals surface area contributed by atoms with Crippen molar-refractivity contribution in [1.82, 2.24) is 24.6 Å². The Morgan fingerprint density at radius 1 is 1.11 bits per heavy atom. The summed E-state index contributed by atoms with van der Waals surface area (Å²) >= 11 is 0. The summed E-state index contributed by atoms with van der Waals surface area (Å²) in [6.07, 6.45) is 11.2. The summed E-state index contributed by atoms with van der Waals surface area (Å²) in [5.41, 5.74) is 3.46. The lowest BCUT2D eigenvalue weighted by molar-refractivity contribution is 0.229. The van der Waals surface area contributed by atoms with Gasteiger partial charge in [0, 0.05) is 50.7 Å². The van der Waals surface area contributed by atoms with Crippen LogP contribution in [0.25, 0.3) is 0 Å². The zero-order valence-electron chi connectivity index (χ0n) is 15.7. The number of amides is 2. The van der Waals surface area contributed by atoms with E-state index in [0.29, 0.717) is 6.04 Å². The van der Waals surface area contributed by atoms with Crippen LogP contribution in [-0.4, -0.2) is 63.9 Å². The Morgan fingerprint density at radius 2 is 2.00 bits per heavy atom. The third-order valence-electron chi connectivity index (χ3n) is 6.06. The van der Waals surface area contributed by atoms with E-state index in [4.69, 9.17) is 0 Å². The summed E-state index contributed by atoms with van der Waals surface area (Å²) in [6, 6.07) is 0.360. The van der Waals surface area contributed by atoms with E-state index in [9.17, 15) is 4.79 Å². The average molecular weight is 367 g/mol. The monoisotopic (exact) mass is 367 g/mol. The smallest absolute Gasteiger partial charge is 0.324 e. The molecule has 8 heteroatoms. The lowest BCUT2D eigenvalue weighted by atomic mass is 9.96. The fourth-order valence-electron chi connectivity index (χ4n) is 4.48. The fourth-order valence-corrected chi connectivity index (χ4v) is 4.48. The minimum Gasteiger partial charge on any atom is -0.354 e. The van der Waals surface area contributed by atoms with E-state index < -0.39 is 0 Å². The number of likely N-dealkylation sites (N-methyl/N-ethyl adjacent to an activating group) is 1. The van der Waals surface area contributed by atoms with Crippen molar-refractivity contribution in [2.75, 3.05) is 43.0 Å². The number of carbonyl (C=O) groups excluding carboxylic acids is 1. The van der Waals surface area contributed by atoms with Gasteiger partial charge in [-0.25, -0.2) is 14.8 Å². The van der Waals surface area contributed by atoms with Gasteiger partial charge in [-0.05, 0) is 32.1 Å². The second-order valence-corrected chi connectivity index (χ2v) is 7.75. The van der Waals surface area contributed by atoms with Crippen LogP contribution in [0, 0.1) is 0 Å². The zero-order valence-corrected chi connectivity index (χ0v) is 15.7. The Hall–Kier alpha value is -2.64. The highest BCUT2D eigenvalue weighted by Crippen LogP contribution is 2.32. The van der Waals surface area contributed by atoms with Crippen LogP contribution in [-0.2, 0) is 12.8 Å². The Balaban J connectivity index is 1.33. The lowest BCUT2D eigenvalue weighted by Crippen LogP contribution is -2.28. The van der Waals surface area contributed by atoms with Gasteiger partial charge >= 0.3 is 6.03 Å². The number of rotatable bonds is 3. The molecule has 27 heavy (non-hydrogen) atoms. The van der Waals surface area contributed by atoms with E-state index in [1.165, 1.54) is 24.1 Å². The predicted octanol–water partition coefficient (Wildman–Crippen LogP) is 1.88. The minimum atomic E-state index is 0.0511. The van der Waals surface area contributed by atoms with Crippen LogP contribution in [0.1, 0.15) is 36.6 Å². The van der Waals surface area contributed by atoms with Crippen LogP contribution in [0.5, 0.6) is 0 Å². The number of aryl methyl sites for hydroxylation is 1. The first kappa shape index (κ1) is 16.5. The molecule has 1 aliphatic carbocycles. The van der Waals surface area contributed by atoms with Crippen LogP contribution in [0.4, 0.5) is 16.3 Å². The maximum Gasteiger partial charge on any atom is 0.324 e. The summed E-state index contributed by atoms with van der Waals surface area (Å²) in [5, 5.41) is 4.56. The van der Waals surface area contributed by atoms with E-state index >= 15 is 0 Å². The number of carbonyl (C=O) groups is 1. The van der Waals surface area contributed by atoms with E-state index in [2.05, 4.69) is 20.0 Å². The summed E-state index contributed by atoms with van der Waals surface area (Å²) < 4.78 is 2.02. The molecule has 3 aliphatic rings. The number of anilines is 2. The predicted molar refractivity (Wildman–Crippen MR) is 102 cm³/mol. The van der Waals surface area contributed by atoms with Crippen molar-refractivity contribution in [2.24, 2.45) is 0 Å². The molecular weight excluding hydrogens is 342 g/mol. The topological polar surface area (TPSA) is 70.4 Å². The number of fused-ring (bicyclic) bond motifs is 1. The molecule has 0 N–H and O–H groups in total. The van der Waals surface area contributed by atoms with Crippen LogP contribution < -0.4 is 9.80 Å². The molecule has 2 fully saturated rings. The van der Waals surface area contributed by atoms with Crippen molar-refractivity contribution < 1.29 is 4.79 Å². The number of urea groups is 1. The Labute approximate surface area is 158 Å². The number of hydrogen-bond donors (Lipinski definition) is 0. The summed E-state index contributed by atoms with van der Waals surface area (Å²) in [5.74, 6) is 1.12. The molecule has 5 rings (SSSR count). The molecule has 0 saturated carbocycles. The first-order valence-electron chi connectivity index (χ1n) is 9.85. The highest BCUT2D eigenvalue weighted by molar-refractivity contribution is 5.93. The second kappa shape index (κ2) is 6.51. The fraction of sp³-hybridized carbons (Fsp3) is 0.579. The van der Waals surface area contributed by atoms with Gasteiger partial charge in [0.1, 0.15) is 12.1 Å². The van der Waals surface area contributed by atoms with Gasteiger partial charge in [-0.2, -0.15) is 5.10 Å². The molecule has 142 valence electrons. The van der Waals surface area contributed by atoms with Gasteiger partial charge in [-0.3, -0.25) is 9.58 Å². The second-order valence-electron chi connectivity index (χ2n) is 7.75. The first-order chi connectivity index (χ1) is 13.2. The first-order valence-corrected chi connectivity index (χ1v) is 9.85. The Bertz CT molecular complexity index is 863. The molecule has 0 radical (unpaired) electrons. The van der Waals surface area contributed by atoms with E-state index in [-0.39, 0.29) is 6.03 Å². The van der Waals surface area contributed by atoms with Crippen molar-refractivity contribution in [3.8, 4) is 0 Å². The molecule has 2 aromatic rings. The normalized spacial score (nSPS) is 22.6. The van der Waals surface area contributed by atoms with Gasteiger partial charge in [0.25, 0.3) is 0 Å². The van der Waals surface area contributed by atoms with Crippen LogP contribution in [0.15, 0.2) is 18.7 Å². The third-order valence-corrected chi connectivity index (χ3v) is 6.06. The highest BCUT2D eigenvalue weighted by Gasteiger charge is 2.31. The minimum absolute atomic E-state index is 0.0511. The molecular formula is C19H25N7O. The maximum atomic E-state index is 12.2. The number of aromatic nitrogens is 4. The molecule has 2 amide bonds. The SMILES string of the molecule is CN1CCN(c2cnn(C3CCN(c4ncnc5c4CCCC5)C3)c2)C1=O. The van der Waals surface area contributed by atoms with E-state index in [1.807, 2.05) is 24.1 Å². The van der Waals surface area contributed by atoms with Crippen molar-refractivity contribution in [3.05, 3.63) is 30.0 Å². The van der Waals surface area contributed by atoms with Gasteiger partial charge < -0.3 is 9.80 Å². The quantitative estimate of drug-likeness (QED) is 0.828. The Morgan fingerprint density at radius 3 is 2.85 bits per heavy atom. The van der Waals surface area contributed by atoms with Crippen LogP contribution in [0.3, 0.4) is 0 Å². The molecule has 2 aromatic heterocycles. The third kappa shape index (κ3) is 2.83. The van der Waals surface area contributed by atoms with Crippen LogP contribution in [0.2, 0.25) is 0 Å². The molecule has 1 atom stereocenters. The van der Waals surface area contributed by atoms with Crippen molar-refractivity contribution in [2.45, 2.75) is 38.1 Å². The van der Waals surface area contributed by atoms with Gasteiger partial charge in [0.2, 0.25) is 0 Å². The molecule has 0 aromatic carbocycles. The molecule has 1 unspecified atom stereocenters. The van der Waals surface area contributed by atoms with Crippen molar-refractivity contribution >= 4 is 17.5 Å². The molecule has 0 spiro atoms. The highest BCUT2D eigenvalue weighted by atomic mass is 16.2. The maximum absolute atomic E-state index is 12.2. The zero-order chi connectivity index (χ0) is 18.4. The Kier molecular flexibility index (Phi) is 3.98. The van der Waals surface area contributed by atoms with E-state index in [1.54, 1.807) is 16.1 Å². The van der Waals surface area contributed by atoms with Gasteiger partial charge in [0.05, 0.1) is 17.9 Å². The largest absolute Gasteiger partial charge is 0.354 e. The number of nitrogens with zero attached hydrogens (tertiary/aromatic N) is 7. The van der Waals surface area contributed by atoms with E-state index in [0.717, 1.165) is 56.9 Å². The van der Waals surface area contributed by atoms with Crippen LogP contribution >= 0.6 is 0 Å². The molecule has 2 saturated heterocycles. The summed E-state index contributed by atoms with van der Waals surface area (Å²) in [6.45, 7) is 3.37. The van der Waals surface area contributed by atoms with Gasteiger partial charge in [-0.1, -0.05) is 0 Å². The molecule has 8 nitrogen and oxygen atoms in total. The summed E-state index contributed by atoms with van der Waals surface area (Å²) in [7, 11) is 1.84. The molecule has 2 aliphatic heterocycles. The van der Waals surface area contributed by atoms with Crippen molar-refractivity contribution in [3.63, 3.8) is 0 Å². The lowest BCUT2D eigenvalue weighted by Gasteiger charge is -2.24. The summed E-state index contributed by atoms with van der Waals surface area (Å²) in [4.78, 5) is 27.2. The molecule has 0 bridgehead atoms. The van der Waals surface area contributed by atoms with Crippen molar-refractivity contribution in [1.29, 1.82) is 0 Å². The average Bonchev–Trinajstić information content (AvgIpc) is 3.42. The van der Waals surface area contributed by atoms with Gasteiger partial charge in [-0.15, -0.1) is 0 Å². The molecule has 4 heterocycles. The van der Waals surface area contributed by atoms with Gasteiger partial charge in [0.15, 0.2) is 0 Å². The number of hydrogen-bond acceptors (Lipinski definition) is 5.